The lowest BCUT2D eigenvalue weighted by Crippen LogP contribution is -2.43. The number of benzene rings is 2. The third kappa shape index (κ3) is 5.13. The smallest absolute Gasteiger partial charge is 0.317 e. The summed E-state index contributed by atoms with van der Waals surface area (Å²) in [6.45, 7) is 3.96. The van der Waals surface area contributed by atoms with E-state index < -0.39 is 0 Å². The predicted molar refractivity (Wildman–Crippen MR) is 102 cm³/mol. The van der Waals surface area contributed by atoms with Crippen LogP contribution in [0.15, 0.2) is 48.5 Å². The summed E-state index contributed by atoms with van der Waals surface area (Å²) in [6, 6.07) is 15.2. The molecule has 2 unspecified atom stereocenters. The van der Waals surface area contributed by atoms with Gasteiger partial charge in [0, 0.05) is 18.1 Å². The van der Waals surface area contributed by atoms with Crippen LogP contribution in [0.1, 0.15) is 31.0 Å². The fourth-order valence-corrected chi connectivity index (χ4v) is 3.01. The largest absolute Gasteiger partial charge is 0.497 e. The highest BCUT2D eigenvalue weighted by Crippen LogP contribution is 2.26. The van der Waals surface area contributed by atoms with E-state index in [0.29, 0.717) is 5.02 Å². The molecule has 0 aromatic heterocycles. The van der Waals surface area contributed by atoms with Gasteiger partial charge in [0.05, 0.1) is 13.2 Å². The van der Waals surface area contributed by atoms with Crippen molar-refractivity contribution in [2.75, 3.05) is 14.2 Å². The van der Waals surface area contributed by atoms with Crippen molar-refractivity contribution in [1.29, 1.82) is 0 Å². The van der Waals surface area contributed by atoms with Crippen LogP contribution in [-0.4, -0.2) is 31.1 Å². The lowest BCUT2D eigenvalue weighted by atomic mass is 10.1. The number of halogens is 1. The summed E-state index contributed by atoms with van der Waals surface area (Å²) in [4.78, 5) is 14.2. The van der Waals surface area contributed by atoms with Gasteiger partial charge >= 0.3 is 6.03 Å². The topological polar surface area (TPSA) is 41.6 Å². The molecule has 134 valence electrons. The zero-order valence-electron chi connectivity index (χ0n) is 15.1. The summed E-state index contributed by atoms with van der Waals surface area (Å²) in [5.41, 5.74) is 2.05. The van der Waals surface area contributed by atoms with Gasteiger partial charge in [-0.15, -0.1) is 0 Å². The summed E-state index contributed by atoms with van der Waals surface area (Å²) in [5, 5.41) is 3.70. The molecule has 2 amide bonds. The first-order valence-corrected chi connectivity index (χ1v) is 8.71. The molecular formula is C20H25ClN2O2. The van der Waals surface area contributed by atoms with Crippen molar-refractivity contribution in [3.63, 3.8) is 0 Å². The van der Waals surface area contributed by atoms with Crippen molar-refractivity contribution in [3.8, 4) is 5.75 Å². The van der Waals surface area contributed by atoms with Gasteiger partial charge in [-0.1, -0.05) is 41.9 Å². The highest BCUT2D eigenvalue weighted by molar-refractivity contribution is 6.31. The first-order chi connectivity index (χ1) is 11.9. The monoisotopic (exact) mass is 360 g/mol. The maximum Gasteiger partial charge on any atom is 0.317 e. The van der Waals surface area contributed by atoms with Crippen molar-refractivity contribution in [3.05, 3.63) is 64.7 Å². The third-order valence-electron chi connectivity index (χ3n) is 4.30. The third-order valence-corrected chi connectivity index (χ3v) is 4.65. The van der Waals surface area contributed by atoms with Crippen LogP contribution in [0.3, 0.4) is 0 Å². The van der Waals surface area contributed by atoms with Gasteiger partial charge in [0.25, 0.3) is 0 Å². The van der Waals surface area contributed by atoms with Crippen molar-refractivity contribution in [2.45, 2.75) is 32.4 Å². The second-order valence-electron chi connectivity index (χ2n) is 6.21. The fourth-order valence-electron chi connectivity index (χ4n) is 2.72. The number of nitrogens with zero attached hydrogens (tertiary/aromatic N) is 1. The highest BCUT2D eigenvalue weighted by atomic mass is 35.5. The quantitative estimate of drug-likeness (QED) is 0.812. The minimum Gasteiger partial charge on any atom is -0.497 e. The Hall–Kier alpha value is -2.20. The number of carbonyl (C=O) groups is 1. The Morgan fingerprint density at radius 3 is 2.60 bits per heavy atom. The molecule has 0 saturated heterocycles. The number of hydrogen-bond donors (Lipinski definition) is 1. The molecule has 4 nitrogen and oxygen atoms in total. The molecule has 0 spiro atoms. The van der Waals surface area contributed by atoms with E-state index in [9.17, 15) is 4.79 Å². The van der Waals surface area contributed by atoms with Gasteiger partial charge in [-0.2, -0.15) is 0 Å². The zero-order chi connectivity index (χ0) is 18.4. The van der Waals surface area contributed by atoms with Crippen LogP contribution in [0.5, 0.6) is 5.75 Å². The number of urea groups is 1. The fraction of sp³-hybridized carbons (Fsp3) is 0.350. The van der Waals surface area contributed by atoms with Crippen molar-refractivity contribution in [2.24, 2.45) is 0 Å². The summed E-state index contributed by atoms with van der Waals surface area (Å²) in [7, 11) is 3.43. The van der Waals surface area contributed by atoms with Crippen LogP contribution in [0.25, 0.3) is 0 Å². The molecule has 2 aromatic carbocycles. The van der Waals surface area contributed by atoms with Crippen LogP contribution in [0.2, 0.25) is 5.02 Å². The molecule has 2 aromatic rings. The molecule has 0 bridgehead atoms. The van der Waals surface area contributed by atoms with E-state index in [1.54, 1.807) is 19.1 Å². The van der Waals surface area contributed by atoms with Gasteiger partial charge in [0.1, 0.15) is 5.75 Å². The van der Waals surface area contributed by atoms with E-state index in [-0.39, 0.29) is 18.1 Å². The minimum absolute atomic E-state index is 0.000464. The molecule has 0 aliphatic carbocycles. The first-order valence-electron chi connectivity index (χ1n) is 8.33. The number of amides is 2. The summed E-state index contributed by atoms with van der Waals surface area (Å²) >= 11 is 6.24. The second-order valence-corrected chi connectivity index (χ2v) is 6.62. The normalized spacial score (nSPS) is 13.0. The number of ether oxygens (including phenoxy) is 1. The summed E-state index contributed by atoms with van der Waals surface area (Å²) in [6.07, 6.45) is 0.733. The Morgan fingerprint density at radius 2 is 1.92 bits per heavy atom. The molecule has 0 saturated carbocycles. The molecular weight excluding hydrogens is 336 g/mol. The maximum absolute atomic E-state index is 12.5. The lowest BCUT2D eigenvalue weighted by molar-refractivity contribution is 0.191. The molecule has 5 heteroatoms. The Kier molecular flexibility index (Phi) is 6.71. The van der Waals surface area contributed by atoms with E-state index in [4.69, 9.17) is 16.3 Å². The maximum atomic E-state index is 12.5. The number of rotatable bonds is 6. The summed E-state index contributed by atoms with van der Waals surface area (Å²) < 4.78 is 5.24. The molecule has 0 aliphatic rings. The molecule has 0 fully saturated rings. The SMILES string of the molecule is COc1cccc(CC(C)NC(=O)N(C)C(C)c2ccccc2Cl)c1. The molecule has 2 rings (SSSR count). The van der Waals surface area contributed by atoms with Gasteiger partial charge in [0.15, 0.2) is 0 Å². The summed E-state index contributed by atoms with van der Waals surface area (Å²) in [5.74, 6) is 0.820. The van der Waals surface area contributed by atoms with Crippen molar-refractivity contribution >= 4 is 17.6 Å². The number of methoxy groups -OCH3 is 1. The van der Waals surface area contributed by atoms with Crippen LogP contribution in [0.4, 0.5) is 4.79 Å². The van der Waals surface area contributed by atoms with E-state index >= 15 is 0 Å². The number of hydrogen-bond acceptors (Lipinski definition) is 2. The van der Waals surface area contributed by atoms with Gasteiger partial charge in [-0.05, 0) is 49.6 Å². The van der Waals surface area contributed by atoms with E-state index in [1.807, 2.05) is 62.4 Å². The first kappa shape index (κ1) is 19.1. The predicted octanol–water partition coefficient (Wildman–Crippen LogP) is 4.68. The average molecular weight is 361 g/mol. The molecule has 2 atom stereocenters. The van der Waals surface area contributed by atoms with E-state index in [1.165, 1.54) is 0 Å². The Labute approximate surface area is 154 Å². The Bertz CT molecular complexity index is 720. The standard InChI is InChI=1S/C20H25ClN2O2/c1-14(12-16-8-7-9-17(13-16)25-4)22-20(24)23(3)15(2)18-10-5-6-11-19(18)21/h5-11,13-15H,12H2,1-4H3,(H,22,24). The van der Waals surface area contributed by atoms with Crippen LogP contribution in [0, 0.1) is 0 Å². The minimum atomic E-state index is -0.122. The van der Waals surface area contributed by atoms with Gasteiger partial charge in [-0.3, -0.25) is 0 Å². The van der Waals surface area contributed by atoms with Gasteiger partial charge in [-0.25, -0.2) is 4.79 Å². The number of nitrogens with one attached hydrogen (secondary N) is 1. The molecule has 0 heterocycles. The molecule has 0 aliphatic heterocycles. The molecule has 25 heavy (non-hydrogen) atoms. The second kappa shape index (κ2) is 8.77. The zero-order valence-corrected chi connectivity index (χ0v) is 15.9. The van der Waals surface area contributed by atoms with Crippen molar-refractivity contribution in [1.82, 2.24) is 10.2 Å². The molecule has 0 radical (unpaired) electrons. The van der Waals surface area contributed by atoms with E-state index in [0.717, 1.165) is 23.3 Å². The molecule has 1 N–H and O–H groups in total. The van der Waals surface area contributed by atoms with E-state index in [2.05, 4.69) is 5.32 Å². The van der Waals surface area contributed by atoms with Crippen LogP contribution >= 0.6 is 11.6 Å². The lowest BCUT2D eigenvalue weighted by Gasteiger charge is -2.28. The Balaban J connectivity index is 1.96. The van der Waals surface area contributed by atoms with Crippen LogP contribution < -0.4 is 10.1 Å². The van der Waals surface area contributed by atoms with Gasteiger partial charge in [0.2, 0.25) is 0 Å². The van der Waals surface area contributed by atoms with Crippen LogP contribution in [-0.2, 0) is 6.42 Å². The average Bonchev–Trinajstić information content (AvgIpc) is 2.60. The van der Waals surface area contributed by atoms with Crippen molar-refractivity contribution < 1.29 is 9.53 Å². The Morgan fingerprint density at radius 1 is 1.20 bits per heavy atom. The number of carbonyl (C=O) groups excluding carboxylic acids is 1. The highest BCUT2D eigenvalue weighted by Gasteiger charge is 2.20. The van der Waals surface area contributed by atoms with Gasteiger partial charge < -0.3 is 15.0 Å².